The lowest BCUT2D eigenvalue weighted by Gasteiger charge is -2.25. The summed E-state index contributed by atoms with van der Waals surface area (Å²) in [7, 11) is 2.23. The Morgan fingerprint density at radius 2 is 2.29 bits per heavy atom. The van der Waals surface area contributed by atoms with Gasteiger partial charge < -0.3 is 15.0 Å². The molecular weight excluding hydrogens is 176 g/mol. The summed E-state index contributed by atoms with van der Waals surface area (Å²) in [6.07, 6.45) is 4.53. The fourth-order valence-electron chi connectivity index (χ4n) is 2.00. The van der Waals surface area contributed by atoms with E-state index in [1.54, 1.807) is 0 Å². The van der Waals surface area contributed by atoms with E-state index in [1.165, 1.54) is 32.4 Å². The van der Waals surface area contributed by atoms with Crippen molar-refractivity contribution in [1.82, 2.24) is 10.2 Å². The van der Waals surface area contributed by atoms with Crippen LogP contribution in [0.4, 0.5) is 0 Å². The van der Waals surface area contributed by atoms with Crippen LogP contribution in [0.1, 0.15) is 19.3 Å². The van der Waals surface area contributed by atoms with Crippen molar-refractivity contribution in [2.75, 3.05) is 39.8 Å². The van der Waals surface area contributed by atoms with Crippen LogP contribution in [0.2, 0.25) is 0 Å². The lowest BCUT2D eigenvalue weighted by molar-refractivity contribution is 0.0185. The summed E-state index contributed by atoms with van der Waals surface area (Å²) >= 11 is 0. The Bertz CT molecular complexity index is 165. The zero-order valence-electron chi connectivity index (χ0n) is 9.17. The molecule has 2 aliphatic rings. The number of morpholine rings is 1. The van der Waals surface area contributed by atoms with Crippen molar-refractivity contribution in [3.63, 3.8) is 0 Å². The van der Waals surface area contributed by atoms with E-state index in [9.17, 15) is 0 Å². The monoisotopic (exact) mass is 198 g/mol. The van der Waals surface area contributed by atoms with Crippen LogP contribution in [-0.2, 0) is 4.74 Å². The van der Waals surface area contributed by atoms with Gasteiger partial charge in [0.15, 0.2) is 0 Å². The molecule has 82 valence electrons. The van der Waals surface area contributed by atoms with E-state index in [4.69, 9.17) is 4.74 Å². The first-order valence-corrected chi connectivity index (χ1v) is 5.85. The van der Waals surface area contributed by atoms with Gasteiger partial charge in [0.05, 0.1) is 12.7 Å². The predicted molar refractivity (Wildman–Crippen MR) is 57.4 cm³/mol. The largest absolute Gasteiger partial charge is 0.376 e. The second-order valence-corrected chi connectivity index (χ2v) is 4.69. The van der Waals surface area contributed by atoms with Gasteiger partial charge in [0.1, 0.15) is 0 Å². The molecule has 1 aliphatic heterocycles. The molecule has 0 aromatic carbocycles. The molecular formula is C11H22N2O. The van der Waals surface area contributed by atoms with Gasteiger partial charge in [-0.2, -0.15) is 0 Å². The molecule has 1 saturated carbocycles. The van der Waals surface area contributed by atoms with Gasteiger partial charge in [0.25, 0.3) is 0 Å². The molecule has 14 heavy (non-hydrogen) atoms. The van der Waals surface area contributed by atoms with Crippen LogP contribution in [0.5, 0.6) is 0 Å². The van der Waals surface area contributed by atoms with Crippen molar-refractivity contribution >= 4 is 0 Å². The molecule has 0 bridgehead atoms. The van der Waals surface area contributed by atoms with E-state index in [-0.39, 0.29) is 0 Å². The van der Waals surface area contributed by atoms with Gasteiger partial charge in [-0.25, -0.2) is 0 Å². The first kappa shape index (κ1) is 10.4. The maximum atomic E-state index is 5.66. The van der Waals surface area contributed by atoms with Crippen molar-refractivity contribution in [2.45, 2.75) is 25.4 Å². The van der Waals surface area contributed by atoms with E-state index in [1.807, 2.05) is 0 Å². The van der Waals surface area contributed by atoms with Gasteiger partial charge in [0, 0.05) is 26.2 Å². The standard InChI is InChI=1S/C11H22N2O/c1-13(9-10-2-3-10)6-4-11-8-12-5-7-14-11/h10-12H,2-9H2,1H3. The number of ether oxygens (including phenoxy) is 1. The summed E-state index contributed by atoms with van der Waals surface area (Å²) < 4.78 is 5.66. The van der Waals surface area contributed by atoms with Gasteiger partial charge >= 0.3 is 0 Å². The zero-order chi connectivity index (χ0) is 9.80. The number of rotatable bonds is 5. The second-order valence-electron chi connectivity index (χ2n) is 4.69. The summed E-state index contributed by atoms with van der Waals surface area (Å²) in [6, 6.07) is 0. The molecule has 1 atom stereocenters. The highest BCUT2D eigenvalue weighted by Crippen LogP contribution is 2.29. The quantitative estimate of drug-likeness (QED) is 0.704. The van der Waals surface area contributed by atoms with E-state index in [0.717, 1.165) is 25.6 Å². The number of nitrogens with one attached hydrogen (secondary N) is 1. The van der Waals surface area contributed by atoms with Crippen LogP contribution in [-0.4, -0.2) is 50.8 Å². The average Bonchev–Trinajstić information content (AvgIpc) is 3.00. The third-order valence-corrected chi connectivity index (χ3v) is 3.10. The summed E-state index contributed by atoms with van der Waals surface area (Å²) in [6.45, 7) is 5.42. The number of hydrogen-bond acceptors (Lipinski definition) is 3. The Balaban J connectivity index is 1.55. The zero-order valence-corrected chi connectivity index (χ0v) is 9.17. The molecule has 1 aliphatic carbocycles. The Morgan fingerprint density at radius 3 is 2.93 bits per heavy atom. The summed E-state index contributed by atoms with van der Waals surface area (Å²) in [5, 5.41) is 3.37. The summed E-state index contributed by atoms with van der Waals surface area (Å²) in [5.74, 6) is 1.00. The van der Waals surface area contributed by atoms with Crippen LogP contribution in [0.15, 0.2) is 0 Å². The minimum Gasteiger partial charge on any atom is -0.376 e. The van der Waals surface area contributed by atoms with Gasteiger partial charge in [-0.3, -0.25) is 0 Å². The van der Waals surface area contributed by atoms with Gasteiger partial charge in [-0.15, -0.1) is 0 Å². The second kappa shape index (κ2) is 5.10. The molecule has 0 amide bonds. The normalized spacial score (nSPS) is 28.3. The summed E-state index contributed by atoms with van der Waals surface area (Å²) in [4.78, 5) is 2.45. The Morgan fingerprint density at radius 1 is 1.43 bits per heavy atom. The van der Waals surface area contributed by atoms with Crippen LogP contribution in [0.25, 0.3) is 0 Å². The smallest absolute Gasteiger partial charge is 0.0712 e. The Labute approximate surface area is 86.8 Å². The fourth-order valence-corrected chi connectivity index (χ4v) is 2.00. The van der Waals surface area contributed by atoms with Crippen molar-refractivity contribution in [3.05, 3.63) is 0 Å². The fraction of sp³-hybridized carbons (Fsp3) is 1.00. The molecule has 1 heterocycles. The number of nitrogens with zero attached hydrogens (tertiary/aromatic N) is 1. The van der Waals surface area contributed by atoms with E-state index in [0.29, 0.717) is 6.10 Å². The molecule has 0 aromatic heterocycles. The molecule has 2 rings (SSSR count). The highest BCUT2D eigenvalue weighted by atomic mass is 16.5. The minimum absolute atomic E-state index is 0.449. The van der Waals surface area contributed by atoms with Crippen molar-refractivity contribution < 1.29 is 4.74 Å². The Hall–Kier alpha value is -0.120. The lowest BCUT2D eigenvalue weighted by Crippen LogP contribution is -2.40. The molecule has 2 fully saturated rings. The van der Waals surface area contributed by atoms with E-state index >= 15 is 0 Å². The topological polar surface area (TPSA) is 24.5 Å². The van der Waals surface area contributed by atoms with Crippen molar-refractivity contribution in [2.24, 2.45) is 5.92 Å². The van der Waals surface area contributed by atoms with Gasteiger partial charge in [0.2, 0.25) is 0 Å². The van der Waals surface area contributed by atoms with Crippen LogP contribution >= 0.6 is 0 Å². The van der Waals surface area contributed by atoms with Crippen LogP contribution in [0.3, 0.4) is 0 Å². The maximum Gasteiger partial charge on any atom is 0.0712 e. The third kappa shape index (κ3) is 3.56. The van der Waals surface area contributed by atoms with Crippen LogP contribution < -0.4 is 5.32 Å². The van der Waals surface area contributed by atoms with Crippen molar-refractivity contribution in [3.8, 4) is 0 Å². The van der Waals surface area contributed by atoms with Crippen molar-refractivity contribution in [1.29, 1.82) is 0 Å². The molecule has 0 aromatic rings. The molecule has 1 saturated heterocycles. The maximum absolute atomic E-state index is 5.66. The highest BCUT2D eigenvalue weighted by Gasteiger charge is 2.23. The molecule has 1 N–H and O–H groups in total. The molecule has 3 nitrogen and oxygen atoms in total. The average molecular weight is 198 g/mol. The lowest BCUT2D eigenvalue weighted by atomic mass is 10.2. The third-order valence-electron chi connectivity index (χ3n) is 3.10. The molecule has 0 radical (unpaired) electrons. The summed E-state index contributed by atoms with van der Waals surface area (Å²) in [5.41, 5.74) is 0. The molecule has 0 spiro atoms. The van der Waals surface area contributed by atoms with Gasteiger partial charge in [-0.1, -0.05) is 0 Å². The molecule has 1 unspecified atom stereocenters. The molecule has 3 heteroatoms. The minimum atomic E-state index is 0.449. The first-order valence-electron chi connectivity index (χ1n) is 5.85. The van der Waals surface area contributed by atoms with E-state index in [2.05, 4.69) is 17.3 Å². The SMILES string of the molecule is CN(CCC1CNCCO1)CC1CC1. The highest BCUT2D eigenvalue weighted by molar-refractivity contribution is 4.77. The van der Waals surface area contributed by atoms with Crippen LogP contribution in [0, 0.1) is 5.92 Å². The first-order chi connectivity index (χ1) is 6.84. The van der Waals surface area contributed by atoms with Gasteiger partial charge in [-0.05, 0) is 32.2 Å². The Kier molecular flexibility index (Phi) is 3.79. The number of hydrogen-bond donors (Lipinski definition) is 1. The predicted octanol–water partition coefficient (Wildman–Crippen LogP) is 0.707. The van der Waals surface area contributed by atoms with E-state index < -0.39 is 0 Å².